The van der Waals surface area contributed by atoms with Crippen LogP contribution in [0.3, 0.4) is 0 Å². The highest BCUT2D eigenvalue weighted by Crippen LogP contribution is 2.31. The third-order valence-electron chi connectivity index (χ3n) is 5.08. The van der Waals surface area contributed by atoms with Crippen LogP contribution in [0.1, 0.15) is 31.4 Å². The van der Waals surface area contributed by atoms with Crippen molar-refractivity contribution in [3.8, 4) is 0 Å². The number of hydrogen-bond donors (Lipinski definition) is 1. The van der Waals surface area contributed by atoms with Crippen molar-refractivity contribution < 1.29 is 9.90 Å². The van der Waals surface area contributed by atoms with Gasteiger partial charge in [-0.05, 0) is 38.2 Å². The van der Waals surface area contributed by atoms with Crippen molar-refractivity contribution in [2.24, 2.45) is 5.92 Å². The van der Waals surface area contributed by atoms with E-state index in [1.807, 2.05) is 22.6 Å². The van der Waals surface area contributed by atoms with Gasteiger partial charge in [-0.3, -0.25) is 14.4 Å². The number of amides is 1. The molecule has 1 aliphatic carbocycles. The number of aliphatic hydroxyl groups is 1. The fourth-order valence-corrected chi connectivity index (χ4v) is 3.41. The van der Waals surface area contributed by atoms with Gasteiger partial charge in [-0.25, -0.2) is 0 Å². The summed E-state index contributed by atoms with van der Waals surface area (Å²) in [6, 6.07) is 2.27. The summed E-state index contributed by atoms with van der Waals surface area (Å²) < 4.78 is 1.88. The van der Waals surface area contributed by atoms with Gasteiger partial charge in [-0.15, -0.1) is 0 Å². The van der Waals surface area contributed by atoms with Crippen LogP contribution < -0.4 is 0 Å². The first kappa shape index (κ1) is 16.5. The molecule has 0 spiro atoms. The van der Waals surface area contributed by atoms with E-state index in [0.29, 0.717) is 19.0 Å². The van der Waals surface area contributed by atoms with Gasteiger partial charge in [0.15, 0.2) is 0 Å². The SMILES string of the molecule is Cc1ccnn1CCC(=O)N1CCN(CC2CC2)C(CCO)C1. The van der Waals surface area contributed by atoms with Crippen molar-refractivity contribution in [1.82, 2.24) is 19.6 Å². The van der Waals surface area contributed by atoms with Crippen LogP contribution >= 0.6 is 0 Å². The van der Waals surface area contributed by atoms with E-state index in [0.717, 1.165) is 44.2 Å². The van der Waals surface area contributed by atoms with E-state index in [-0.39, 0.29) is 12.5 Å². The topological polar surface area (TPSA) is 61.6 Å². The fraction of sp³-hybridized carbons (Fsp3) is 0.765. The van der Waals surface area contributed by atoms with Gasteiger partial charge in [0.05, 0.1) is 0 Å². The Morgan fingerprint density at radius 3 is 2.87 bits per heavy atom. The van der Waals surface area contributed by atoms with Crippen molar-refractivity contribution >= 4 is 5.91 Å². The van der Waals surface area contributed by atoms with Crippen molar-refractivity contribution in [3.63, 3.8) is 0 Å². The summed E-state index contributed by atoms with van der Waals surface area (Å²) in [6.07, 6.45) is 5.71. The Morgan fingerprint density at radius 1 is 1.39 bits per heavy atom. The van der Waals surface area contributed by atoms with Crippen molar-refractivity contribution in [2.75, 3.05) is 32.8 Å². The average Bonchev–Trinajstić information content (AvgIpc) is 3.27. The molecule has 0 aromatic carbocycles. The van der Waals surface area contributed by atoms with Gasteiger partial charge in [-0.2, -0.15) is 5.10 Å². The molecule has 0 bridgehead atoms. The molecule has 1 aromatic heterocycles. The molecule has 3 rings (SSSR count). The normalized spacial score (nSPS) is 22.5. The van der Waals surface area contributed by atoms with E-state index in [1.165, 1.54) is 12.8 Å². The van der Waals surface area contributed by atoms with Gasteiger partial charge < -0.3 is 10.0 Å². The molecule has 1 saturated heterocycles. The highest BCUT2D eigenvalue weighted by atomic mass is 16.3. The van der Waals surface area contributed by atoms with Gasteiger partial charge in [0.1, 0.15) is 0 Å². The lowest BCUT2D eigenvalue weighted by molar-refractivity contribution is -0.134. The largest absolute Gasteiger partial charge is 0.396 e. The van der Waals surface area contributed by atoms with E-state index < -0.39 is 0 Å². The Labute approximate surface area is 138 Å². The molecule has 1 aliphatic heterocycles. The van der Waals surface area contributed by atoms with Crippen LogP contribution in [0.25, 0.3) is 0 Å². The fourth-order valence-electron chi connectivity index (χ4n) is 3.41. The van der Waals surface area contributed by atoms with Crippen LogP contribution in [0.4, 0.5) is 0 Å². The molecule has 1 aromatic rings. The summed E-state index contributed by atoms with van der Waals surface area (Å²) in [4.78, 5) is 17.0. The zero-order valence-corrected chi connectivity index (χ0v) is 14.0. The molecule has 6 heteroatoms. The third kappa shape index (κ3) is 4.32. The smallest absolute Gasteiger partial charge is 0.224 e. The summed E-state index contributed by atoms with van der Waals surface area (Å²) >= 11 is 0. The van der Waals surface area contributed by atoms with Crippen molar-refractivity contribution in [1.29, 1.82) is 0 Å². The minimum atomic E-state index is 0.195. The van der Waals surface area contributed by atoms with E-state index >= 15 is 0 Å². The number of aryl methyl sites for hydroxylation is 2. The molecular weight excluding hydrogens is 292 g/mol. The molecule has 2 aliphatic rings. The molecule has 1 amide bonds. The second-order valence-electron chi connectivity index (χ2n) is 6.89. The average molecular weight is 320 g/mol. The summed E-state index contributed by atoms with van der Waals surface area (Å²) in [7, 11) is 0. The molecule has 23 heavy (non-hydrogen) atoms. The number of nitrogens with zero attached hydrogens (tertiary/aromatic N) is 4. The highest BCUT2D eigenvalue weighted by Gasteiger charge is 2.33. The van der Waals surface area contributed by atoms with Crippen molar-refractivity contribution in [2.45, 2.75) is 45.2 Å². The second kappa shape index (κ2) is 7.45. The van der Waals surface area contributed by atoms with Crippen LogP contribution in [-0.4, -0.2) is 69.4 Å². The van der Waals surface area contributed by atoms with Crippen LogP contribution in [-0.2, 0) is 11.3 Å². The summed E-state index contributed by atoms with van der Waals surface area (Å²) in [5, 5.41) is 13.6. The molecule has 1 atom stereocenters. The Balaban J connectivity index is 1.51. The first-order chi connectivity index (χ1) is 11.2. The Morgan fingerprint density at radius 2 is 2.22 bits per heavy atom. The summed E-state index contributed by atoms with van der Waals surface area (Å²) in [6.45, 7) is 6.49. The number of carbonyl (C=O) groups excluding carboxylic acids is 1. The number of aromatic nitrogens is 2. The highest BCUT2D eigenvalue weighted by molar-refractivity contribution is 5.76. The minimum Gasteiger partial charge on any atom is -0.396 e. The lowest BCUT2D eigenvalue weighted by atomic mass is 10.1. The maximum atomic E-state index is 12.5. The Bertz CT molecular complexity index is 526. The van der Waals surface area contributed by atoms with Gasteiger partial charge in [-0.1, -0.05) is 0 Å². The number of carbonyl (C=O) groups is 1. The van der Waals surface area contributed by atoms with E-state index in [4.69, 9.17) is 0 Å². The van der Waals surface area contributed by atoms with Crippen LogP contribution in [0, 0.1) is 12.8 Å². The predicted molar refractivity (Wildman–Crippen MR) is 87.9 cm³/mol. The van der Waals surface area contributed by atoms with Crippen LogP contribution in [0.15, 0.2) is 12.3 Å². The number of rotatable bonds is 7. The first-order valence-electron chi connectivity index (χ1n) is 8.78. The molecule has 0 radical (unpaired) electrons. The maximum Gasteiger partial charge on any atom is 0.224 e. The van der Waals surface area contributed by atoms with Gasteiger partial charge >= 0.3 is 0 Å². The number of hydrogen-bond acceptors (Lipinski definition) is 4. The molecule has 1 N–H and O–H groups in total. The zero-order valence-electron chi connectivity index (χ0n) is 14.0. The standard InChI is InChI=1S/C17H28N4O2/c1-14-4-7-18-21(14)8-5-17(23)20-10-9-19(12-15-2-3-15)16(13-20)6-11-22/h4,7,15-16,22H,2-3,5-6,8-13H2,1H3. The first-order valence-corrected chi connectivity index (χ1v) is 8.78. The molecule has 6 nitrogen and oxygen atoms in total. The molecule has 1 saturated carbocycles. The summed E-state index contributed by atoms with van der Waals surface area (Å²) in [5.74, 6) is 1.05. The molecular formula is C17H28N4O2. The monoisotopic (exact) mass is 320 g/mol. The lowest BCUT2D eigenvalue weighted by Gasteiger charge is -2.41. The minimum absolute atomic E-state index is 0.195. The van der Waals surface area contributed by atoms with Crippen LogP contribution in [0.5, 0.6) is 0 Å². The number of aliphatic hydroxyl groups excluding tert-OH is 1. The molecule has 128 valence electrons. The predicted octanol–water partition coefficient (Wildman–Crippen LogP) is 0.887. The lowest BCUT2D eigenvalue weighted by Crippen LogP contribution is -2.55. The van der Waals surface area contributed by atoms with Gasteiger partial charge in [0.2, 0.25) is 5.91 Å². The quantitative estimate of drug-likeness (QED) is 0.810. The molecule has 2 fully saturated rings. The Kier molecular flexibility index (Phi) is 5.33. The van der Waals surface area contributed by atoms with E-state index in [9.17, 15) is 9.90 Å². The van der Waals surface area contributed by atoms with Gasteiger partial charge in [0.25, 0.3) is 0 Å². The molecule has 2 heterocycles. The Hall–Kier alpha value is -1.40. The third-order valence-corrected chi connectivity index (χ3v) is 5.08. The van der Waals surface area contributed by atoms with Crippen molar-refractivity contribution in [3.05, 3.63) is 18.0 Å². The maximum absolute atomic E-state index is 12.5. The van der Waals surface area contributed by atoms with E-state index in [2.05, 4.69) is 10.00 Å². The zero-order chi connectivity index (χ0) is 16.2. The van der Waals surface area contributed by atoms with E-state index in [1.54, 1.807) is 6.20 Å². The van der Waals surface area contributed by atoms with Gasteiger partial charge in [0, 0.05) is 63.7 Å². The van der Waals surface area contributed by atoms with Crippen LogP contribution in [0.2, 0.25) is 0 Å². The molecule has 1 unspecified atom stereocenters. The second-order valence-corrected chi connectivity index (χ2v) is 6.89. The summed E-state index contributed by atoms with van der Waals surface area (Å²) in [5.41, 5.74) is 1.09. The number of piperazine rings is 1.